The van der Waals surface area contributed by atoms with E-state index in [4.69, 9.17) is 5.73 Å². The number of rotatable bonds is 5. The van der Waals surface area contributed by atoms with Gasteiger partial charge < -0.3 is 11.1 Å². The van der Waals surface area contributed by atoms with Crippen LogP contribution in [0.25, 0.3) is 0 Å². The number of carbonyl (C=O) groups is 1. The van der Waals surface area contributed by atoms with Crippen molar-refractivity contribution in [2.75, 3.05) is 6.54 Å². The minimum absolute atomic E-state index is 0.0597. The van der Waals surface area contributed by atoms with Gasteiger partial charge in [0.05, 0.1) is 14.2 Å². The molecule has 3 N–H and O–H groups in total. The van der Waals surface area contributed by atoms with Crippen molar-refractivity contribution in [3.8, 4) is 0 Å². The van der Waals surface area contributed by atoms with Gasteiger partial charge in [-0.1, -0.05) is 13.8 Å². The number of hydrogen-bond acceptors (Lipinski definition) is 3. The summed E-state index contributed by atoms with van der Waals surface area (Å²) in [5, 5.41) is 3.04. The zero-order chi connectivity index (χ0) is 13.1. The van der Waals surface area contributed by atoms with Gasteiger partial charge in [0.1, 0.15) is 0 Å². The summed E-state index contributed by atoms with van der Waals surface area (Å²) in [6.07, 6.45) is 1.67. The maximum Gasteiger partial charge on any atom is 0.261 e. The van der Waals surface area contributed by atoms with Crippen LogP contribution in [0.2, 0.25) is 0 Å². The quantitative estimate of drug-likeness (QED) is 0.817. The van der Waals surface area contributed by atoms with E-state index >= 15 is 0 Å². The van der Waals surface area contributed by atoms with Crippen molar-refractivity contribution in [3.63, 3.8) is 0 Å². The molecule has 0 saturated carbocycles. The van der Waals surface area contributed by atoms with E-state index in [2.05, 4.69) is 37.2 Å². The molecule has 6 heteroatoms. The molecule has 0 bridgehead atoms. The minimum Gasteiger partial charge on any atom is -0.345 e. The van der Waals surface area contributed by atoms with Crippen molar-refractivity contribution in [1.29, 1.82) is 0 Å². The number of halogens is 2. The summed E-state index contributed by atoms with van der Waals surface area (Å²) in [6.45, 7) is 4.53. The number of thiophene rings is 1. The maximum absolute atomic E-state index is 12.1. The van der Waals surface area contributed by atoms with Crippen molar-refractivity contribution >= 4 is 49.1 Å². The normalized spacial score (nSPS) is 11.6. The highest BCUT2D eigenvalue weighted by atomic mass is 79.9. The van der Waals surface area contributed by atoms with Gasteiger partial charge in [-0.25, -0.2) is 0 Å². The fourth-order valence-electron chi connectivity index (χ4n) is 1.53. The van der Waals surface area contributed by atoms with Crippen LogP contribution < -0.4 is 11.1 Å². The molecule has 0 aliphatic carbocycles. The predicted octanol–water partition coefficient (Wildman–Crippen LogP) is 3.52. The van der Waals surface area contributed by atoms with Crippen molar-refractivity contribution in [3.05, 3.63) is 19.2 Å². The van der Waals surface area contributed by atoms with Gasteiger partial charge in [0.25, 0.3) is 5.91 Å². The summed E-state index contributed by atoms with van der Waals surface area (Å²) in [6, 6.07) is 1.82. The highest BCUT2D eigenvalue weighted by molar-refractivity contribution is 9.13. The van der Waals surface area contributed by atoms with E-state index in [1.54, 1.807) is 0 Å². The lowest BCUT2D eigenvalue weighted by molar-refractivity contribution is 0.0899. The lowest BCUT2D eigenvalue weighted by Crippen LogP contribution is -2.52. The third-order valence-corrected chi connectivity index (χ3v) is 6.25. The first-order valence-electron chi connectivity index (χ1n) is 5.45. The second-order valence-electron chi connectivity index (χ2n) is 3.88. The van der Waals surface area contributed by atoms with Gasteiger partial charge >= 0.3 is 0 Å². The largest absolute Gasteiger partial charge is 0.345 e. The molecule has 0 aliphatic rings. The third kappa shape index (κ3) is 3.53. The zero-order valence-corrected chi connectivity index (χ0v) is 13.8. The molecular weight excluding hydrogens is 368 g/mol. The van der Waals surface area contributed by atoms with Crippen LogP contribution in [0.1, 0.15) is 36.4 Å². The minimum atomic E-state index is -0.292. The number of nitrogens with two attached hydrogens (primary N) is 1. The number of carbonyl (C=O) groups excluding carboxylic acids is 1. The molecule has 17 heavy (non-hydrogen) atoms. The summed E-state index contributed by atoms with van der Waals surface area (Å²) in [5.41, 5.74) is 5.47. The SMILES string of the molecule is CCC(CC)(CN)NC(=O)c1cc(Br)c(Br)s1. The molecule has 0 atom stereocenters. The van der Waals surface area contributed by atoms with Crippen LogP contribution in [-0.4, -0.2) is 18.0 Å². The van der Waals surface area contributed by atoms with Gasteiger partial charge in [0, 0.05) is 11.0 Å². The molecule has 96 valence electrons. The van der Waals surface area contributed by atoms with E-state index < -0.39 is 0 Å². The summed E-state index contributed by atoms with van der Waals surface area (Å²) < 4.78 is 1.83. The average molecular weight is 384 g/mol. The first-order valence-corrected chi connectivity index (χ1v) is 7.85. The first kappa shape index (κ1) is 15.1. The Balaban J connectivity index is 2.84. The Hall–Kier alpha value is 0.0900. The number of amides is 1. The van der Waals surface area contributed by atoms with E-state index in [9.17, 15) is 4.79 Å². The molecule has 0 aliphatic heterocycles. The molecule has 0 fully saturated rings. The Bertz CT molecular complexity index is 374. The van der Waals surface area contributed by atoms with Crippen LogP contribution in [-0.2, 0) is 0 Å². The molecule has 0 saturated heterocycles. The van der Waals surface area contributed by atoms with E-state index in [1.165, 1.54) is 11.3 Å². The summed E-state index contributed by atoms with van der Waals surface area (Å²) in [4.78, 5) is 12.8. The van der Waals surface area contributed by atoms with Crippen molar-refractivity contribution in [1.82, 2.24) is 5.32 Å². The number of hydrogen-bond donors (Lipinski definition) is 2. The number of nitrogens with one attached hydrogen (secondary N) is 1. The van der Waals surface area contributed by atoms with Gasteiger partial charge in [-0.2, -0.15) is 0 Å². The lowest BCUT2D eigenvalue weighted by Gasteiger charge is -2.31. The molecule has 0 spiro atoms. The Morgan fingerprint density at radius 3 is 2.41 bits per heavy atom. The molecule has 0 unspecified atom stereocenters. The fourth-order valence-corrected chi connectivity index (χ4v) is 3.46. The molecule has 3 nitrogen and oxygen atoms in total. The van der Waals surface area contributed by atoms with E-state index in [0.29, 0.717) is 11.4 Å². The molecule has 1 aromatic rings. The van der Waals surface area contributed by atoms with Gasteiger partial charge in [-0.05, 0) is 50.8 Å². The Labute approximate surface area is 122 Å². The molecule has 0 radical (unpaired) electrons. The molecule has 1 aromatic heterocycles. The van der Waals surface area contributed by atoms with Crippen LogP contribution in [0.15, 0.2) is 14.3 Å². The zero-order valence-electron chi connectivity index (χ0n) is 9.85. The van der Waals surface area contributed by atoms with Crippen molar-refractivity contribution < 1.29 is 4.79 Å². The maximum atomic E-state index is 12.1. The highest BCUT2D eigenvalue weighted by Crippen LogP contribution is 2.32. The van der Waals surface area contributed by atoms with Crippen LogP contribution in [0, 0.1) is 0 Å². The molecular formula is C11H16Br2N2OS. The van der Waals surface area contributed by atoms with Crippen molar-refractivity contribution in [2.45, 2.75) is 32.2 Å². The van der Waals surface area contributed by atoms with Crippen molar-refractivity contribution in [2.24, 2.45) is 5.73 Å². The molecule has 1 rings (SSSR count). The fraction of sp³-hybridized carbons (Fsp3) is 0.545. The first-order chi connectivity index (χ1) is 7.98. The Morgan fingerprint density at radius 1 is 1.47 bits per heavy atom. The van der Waals surface area contributed by atoms with Gasteiger partial charge in [0.2, 0.25) is 0 Å². The molecule has 1 amide bonds. The van der Waals surface area contributed by atoms with Gasteiger partial charge in [-0.3, -0.25) is 4.79 Å². The van der Waals surface area contributed by atoms with E-state index in [1.807, 2.05) is 19.9 Å². The third-order valence-electron chi connectivity index (χ3n) is 2.99. The topological polar surface area (TPSA) is 55.1 Å². The van der Waals surface area contributed by atoms with Crippen LogP contribution >= 0.6 is 43.2 Å². The Kier molecular flexibility index (Phi) is 5.63. The monoisotopic (exact) mass is 382 g/mol. The summed E-state index contributed by atoms with van der Waals surface area (Å²) >= 11 is 8.17. The second kappa shape index (κ2) is 6.31. The standard InChI is InChI=1S/C11H16Br2N2OS/c1-3-11(4-2,6-14)15-10(16)8-5-7(12)9(13)17-8/h5H,3-4,6,14H2,1-2H3,(H,15,16). The van der Waals surface area contributed by atoms with E-state index in [-0.39, 0.29) is 11.4 Å². The summed E-state index contributed by atoms with van der Waals surface area (Å²) in [7, 11) is 0. The molecule has 0 aromatic carbocycles. The van der Waals surface area contributed by atoms with E-state index in [0.717, 1.165) is 21.1 Å². The highest BCUT2D eigenvalue weighted by Gasteiger charge is 2.27. The second-order valence-corrected chi connectivity index (χ2v) is 7.10. The average Bonchev–Trinajstić information content (AvgIpc) is 2.67. The van der Waals surface area contributed by atoms with Gasteiger partial charge in [0.15, 0.2) is 0 Å². The molecule has 1 heterocycles. The van der Waals surface area contributed by atoms with Crippen LogP contribution in [0.4, 0.5) is 0 Å². The Morgan fingerprint density at radius 2 is 2.06 bits per heavy atom. The predicted molar refractivity (Wildman–Crippen MR) is 79.6 cm³/mol. The lowest BCUT2D eigenvalue weighted by atomic mass is 9.93. The smallest absolute Gasteiger partial charge is 0.261 e. The summed E-state index contributed by atoms with van der Waals surface area (Å²) in [5.74, 6) is -0.0597. The van der Waals surface area contributed by atoms with Gasteiger partial charge in [-0.15, -0.1) is 11.3 Å². The van der Waals surface area contributed by atoms with Crippen LogP contribution in [0.5, 0.6) is 0 Å². The van der Waals surface area contributed by atoms with Crippen LogP contribution in [0.3, 0.4) is 0 Å².